The summed E-state index contributed by atoms with van der Waals surface area (Å²) in [5.41, 5.74) is 0.927. The molecule has 0 amide bonds. The molecule has 1 aromatic carbocycles. The van der Waals surface area contributed by atoms with Crippen molar-refractivity contribution in [3.05, 3.63) is 36.1 Å². The lowest BCUT2D eigenvalue weighted by Crippen LogP contribution is -2.46. The summed E-state index contributed by atoms with van der Waals surface area (Å²) >= 11 is 0. The van der Waals surface area contributed by atoms with E-state index in [-0.39, 0.29) is 0 Å². The number of likely N-dealkylation sites (tertiary alicyclic amines) is 1. The third-order valence-corrected chi connectivity index (χ3v) is 5.22. The molecule has 0 saturated carbocycles. The maximum atomic E-state index is 5.90. The molecule has 1 N–H and O–H groups in total. The van der Waals surface area contributed by atoms with Crippen LogP contribution in [0.3, 0.4) is 0 Å². The molecule has 140 valence electrons. The molecule has 0 spiro atoms. The molecule has 2 saturated heterocycles. The number of furan rings is 1. The fraction of sp³-hybridized carbons (Fsp3) is 0.550. The van der Waals surface area contributed by atoms with Crippen LogP contribution in [0, 0.1) is 0 Å². The summed E-state index contributed by atoms with van der Waals surface area (Å²) < 4.78 is 11.4. The van der Waals surface area contributed by atoms with Gasteiger partial charge in [0.25, 0.3) is 0 Å². The van der Waals surface area contributed by atoms with Crippen LogP contribution < -0.4 is 5.32 Å². The van der Waals surface area contributed by atoms with E-state index >= 15 is 0 Å². The van der Waals surface area contributed by atoms with Gasteiger partial charge in [-0.3, -0.25) is 4.90 Å². The summed E-state index contributed by atoms with van der Waals surface area (Å²) in [6.45, 7) is 9.45. The number of guanidine groups is 1. The van der Waals surface area contributed by atoms with E-state index < -0.39 is 0 Å². The van der Waals surface area contributed by atoms with Gasteiger partial charge in [-0.25, -0.2) is 4.99 Å². The molecule has 4 rings (SSSR count). The Morgan fingerprint density at radius 3 is 2.88 bits per heavy atom. The first kappa shape index (κ1) is 17.4. The molecule has 1 aromatic heterocycles. The van der Waals surface area contributed by atoms with Gasteiger partial charge in [0.05, 0.1) is 13.2 Å². The van der Waals surface area contributed by atoms with Gasteiger partial charge in [0.15, 0.2) is 5.96 Å². The number of aliphatic imine (C=N–C) groups is 1. The molecule has 26 heavy (non-hydrogen) atoms. The number of nitrogens with one attached hydrogen (secondary N) is 1. The van der Waals surface area contributed by atoms with E-state index in [1.54, 1.807) is 0 Å². The maximum Gasteiger partial charge on any atom is 0.194 e. The predicted molar refractivity (Wildman–Crippen MR) is 103 cm³/mol. The SMILES string of the molecule is CCNC(=NCc1cc2ccccc2o1)N1CCC(N2CCOCC2)C1. The van der Waals surface area contributed by atoms with Crippen LogP contribution in [-0.2, 0) is 11.3 Å². The van der Waals surface area contributed by atoms with Crippen molar-refractivity contribution in [2.75, 3.05) is 45.9 Å². The third-order valence-electron chi connectivity index (χ3n) is 5.22. The highest BCUT2D eigenvalue weighted by Crippen LogP contribution is 2.20. The Labute approximate surface area is 154 Å². The molecule has 3 heterocycles. The first-order chi connectivity index (χ1) is 12.8. The fourth-order valence-electron chi connectivity index (χ4n) is 3.87. The fourth-order valence-corrected chi connectivity index (χ4v) is 3.87. The average molecular weight is 356 g/mol. The summed E-state index contributed by atoms with van der Waals surface area (Å²) in [5, 5.41) is 4.58. The van der Waals surface area contributed by atoms with E-state index in [9.17, 15) is 0 Å². The monoisotopic (exact) mass is 356 g/mol. The Bertz CT molecular complexity index is 718. The molecule has 0 bridgehead atoms. The molecule has 1 unspecified atom stereocenters. The van der Waals surface area contributed by atoms with Crippen molar-refractivity contribution in [1.29, 1.82) is 0 Å². The first-order valence-corrected chi connectivity index (χ1v) is 9.66. The number of hydrogen-bond donors (Lipinski definition) is 1. The summed E-state index contributed by atoms with van der Waals surface area (Å²) in [5.74, 6) is 1.90. The van der Waals surface area contributed by atoms with Crippen molar-refractivity contribution < 1.29 is 9.15 Å². The Morgan fingerprint density at radius 2 is 2.08 bits per heavy atom. The molecule has 2 fully saturated rings. The minimum Gasteiger partial charge on any atom is -0.459 e. The van der Waals surface area contributed by atoms with Crippen LogP contribution in [0.25, 0.3) is 11.0 Å². The van der Waals surface area contributed by atoms with Crippen molar-refractivity contribution in [2.45, 2.75) is 25.9 Å². The van der Waals surface area contributed by atoms with E-state index in [0.717, 1.165) is 68.6 Å². The molecule has 2 aliphatic rings. The largest absolute Gasteiger partial charge is 0.459 e. The van der Waals surface area contributed by atoms with Gasteiger partial charge in [-0.2, -0.15) is 0 Å². The zero-order valence-electron chi connectivity index (χ0n) is 15.5. The number of ether oxygens (including phenoxy) is 1. The van der Waals surface area contributed by atoms with Gasteiger partial charge in [0.1, 0.15) is 17.9 Å². The van der Waals surface area contributed by atoms with Gasteiger partial charge in [-0.1, -0.05) is 18.2 Å². The van der Waals surface area contributed by atoms with E-state index in [0.29, 0.717) is 12.6 Å². The molecule has 2 aliphatic heterocycles. The third kappa shape index (κ3) is 3.86. The molecule has 0 radical (unpaired) electrons. The lowest BCUT2D eigenvalue weighted by Gasteiger charge is -2.32. The van der Waals surface area contributed by atoms with Crippen LogP contribution in [0.5, 0.6) is 0 Å². The summed E-state index contributed by atoms with van der Waals surface area (Å²) in [4.78, 5) is 9.78. The van der Waals surface area contributed by atoms with Crippen LogP contribution in [0.1, 0.15) is 19.1 Å². The number of nitrogens with zero attached hydrogens (tertiary/aromatic N) is 3. The van der Waals surface area contributed by atoms with E-state index in [4.69, 9.17) is 14.1 Å². The normalized spacial score (nSPS) is 22.3. The van der Waals surface area contributed by atoms with Crippen molar-refractivity contribution in [1.82, 2.24) is 15.1 Å². The van der Waals surface area contributed by atoms with E-state index in [1.807, 2.05) is 18.2 Å². The maximum absolute atomic E-state index is 5.90. The lowest BCUT2D eigenvalue weighted by molar-refractivity contribution is 0.0195. The van der Waals surface area contributed by atoms with Gasteiger partial charge < -0.3 is 19.4 Å². The highest BCUT2D eigenvalue weighted by atomic mass is 16.5. The van der Waals surface area contributed by atoms with Crippen molar-refractivity contribution >= 4 is 16.9 Å². The smallest absolute Gasteiger partial charge is 0.194 e. The van der Waals surface area contributed by atoms with Crippen LogP contribution in [-0.4, -0.2) is 67.7 Å². The molecule has 6 nitrogen and oxygen atoms in total. The molecular formula is C20H28N4O2. The Morgan fingerprint density at radius 1 is 1.23 bits per heavy atom. The standard InChI is InChI=1S/C20H28N4O2/c1-2-21-20(22-14-18-13-16-5-3-4-6-19(16)26-18)24-8-7-17(15-24)23-9-11-25-12-10-23/h3-6,13,17H,2,7-12,14-15H2,1H3,(H,21,22). The first-order valence-electron chi connectivity index (χ1n) is 9.66. The lowest BCUT2D eigenvalue weighted by atomic mass is 10.2. The highest BCUT2D eigenvalue weighted by Gasteiger charge is 2.30. The molecule has 0 aliphatic carbocycles. The van der Waals surface area contributed by atoms with Gasteiger partial charge in [0.2, 0.25) is 0 Å². The second-order valence-corrected chi connectivity index (χ2v) is 6.96. The number of para-hydroxylation sites is 1. The van der Waals surface area contributed by atoms with Gasteiger partial charge in [-0.15, -0.1) is 0 Å². The van der Waals surface area contributed by atoms with Gasteiger partial charge >= 0.3 is 0 Å². The van der Waals surface area contributed by atoms with Crippen molar-refractivity contribution in [3.63, 3.8) is 0 Å². The van der Waals surface area contributed by atoms with Gasteiger partial charge in [-0.05, 0) is 25.5 Å². The van der Waals surface area contributed by atoms with Crippen LogP contribution in [0.15, 0.2) is 39.7 Å². The van der Waals surface area contributed by atoms with Crippen molar-refractivity contribution in [2.24, 2.45) is 4.99 Å². The zero-order chi connectivity index (χ0) is 17.8. The molecule has 2 aromatic rings. The van der Waals surface area contributed by atoms with E-state index in [1.165, 1.54) is 6.42 Å². The average Bonchev–Trinajstić information content (AvgIpc) is 3.32. The minimum atomic E-state index is 0.565. The van der Waals surface area contributed by atoms with Crippen LogP contribution in [0.2, 0.25) is 0 Å². The Kier molecular flexibility index (Phi) is 5.41. The predicted octanol–water partition coefficient (Wildman–Crippen LogP) is 2.30. The molecular weight excluding hydrogens is 328 g/mol. The second-order valence-electron chi connectivity index (χ2n) is 6.96. The number of rotatable bonds is 4. The number of hydrogen-bond acceptors (Lipinski definition) is 4. The van der Waals surface area contributed by atoms with E-state index in [2.05, 4.69) is 34.2 Å². The summed E-state index contributed by atoms with van der Waals surface area (Å²) in [6, 6.07) is 10.8. The quantitative estimate of drug-likeness (QED) is 0.673. The van der Waals surface area contributed by atoms with Gasteiger partial charge in [0, 0.05) is 44.2 Å². The number of benzene rings is 1. The van der Waals surface area contributed by atoms with Crippen LogP contribution in [0.4, 0.5) is 0 Å². The number of morpholine rings is 1. The Balaban J connectivity index is 1.42. The molecule has 6 heteroatoms. The highest BCUT2D eigenvalue weighted by molar-refractivity contribution is 5.81. The summed E-state index contributed by atoms with van der Waals surface area (Å²) in [6.07, 6.45) is 1.19. The van der Waals surface area contributed by atoms with Crippen LogP contribution >= 0.6 is 0 Å². The van der Waals surface area contributed by atoms with Crippen molar-refractivity contribution in [3.8, 4) is 0 Å². The number of fused-ring (bicyclic) bond motifs is 1. The zero-order valence-corrected chi connectivity index (χ0v) is 15.5. The minimum absolute atomic E-state index is 0.565. The Hall–Kier alpha value is -2.05. The topological polar surface area (TPSA) is 53.2 Å². The second kappa shape index (κ2) is 8.10. The summed E-state index contributed by atoms with van der Waals surface area (Å²) in [7, 11) is 0. The molecule has 1 atom stereocenters.